The lowest BCUT2D eigenvalue weighted by Crippen LogP contribution is -2.32. The molecule has 1 aromatic heterocycles. The lowest BCUT2D eigenvalue weighted by Gasteiger charge is -2.12. The molecule has 1 amide bonds. The van der Waals surface area contributed by atoms with Gasteiger partial charge in [0, 0.05) is 12.5 Å². The maximum Gasteiger partial charge on any atom is 0.373 e. The minimum absolute atomic E-state index is 0.131. The second kappa shape index (κ2) is 6.93. The third-order valence-corrected chi connectivity index (χ3v) is 3.29. The van der Waals surface area contributed by atoms with Gasteiger partial charge in [-0.2, -0.15) is 0 Å². The molecule has 1 saturated heterocycles. The van der Waals surface area contributed by atoms with E-state index in [1.165, 1.54) is 7.11 Å². The molecular weight excluding hydrogens is 258 g/mol. The first-order valence-corrected chi connectivity index (χ1v) is 6.83. The summed E-state index contributed by atoms with van der Waals surface area (Å²) < 4.78 is 9.89. The van der Waals surface area contributed by atoms with Crippen LogP contribution in [0, 0.1) is 0 Å². The third-order valence-electron chi connectivity index (χ3n) is 3.29. The van der Waals surface area contributed by atoms with Crippen LogP contribution in [0.4, 0.5) is 0 Å². The third kappa shape index (κ3) is 3.98. The molecule has 0 spiro atoms. The highest BCUT2D eigenvalue weighted by molar-refractivity contribution is 5.86. The smallest absolute Gasteiger partial charge is 0.373 e. The molecule has 0 radical (unpaired) electrons. The monoisotopic (exact) mass is 277 g/mol. The molecule has 0 saturated carbocycles. The van der Waals surface area contributed by atoms with Crippen LogP contribution in [-0.4, -0.2) is 25.0 Å². The summed E-state index contributed by atoms with van der Waals surface area (Å²) in [5, 5.41) is 3.00. The van der Waals surface area contributed by atoms with Crippen LogP contribution in [0.15, 0.2) is 22.6 Å². The molecule has 1 aromatic rings. The van der Waals surface area contributed by atoms with Crippen molar-refractivity contribution in [2.24, 2.45) is 0 Å². The zero-order valence-electron chi connectivity index (χ0n) is 11.6. The van der Waals surface area contributed by atoms with E-state index in [1.54, 1.807) is 12.1 Å². The Morgan fingerprint density at radius 3 is 3.15 bits per heavy atom. The predicted octanol–water partition coefficient (Wildman–Crippen LogP) is 2.53. The number of hydrogen-bond acceptors (Lipinski definition) is 4. The normalized spacial score (nSPS) is 19.6. The average Bonchev–Trinajstić information content (AvgIpc) is 2.81. The van der Waals surface area contributed by atoms with Gasteiger partial charge in [0.15, 0.2) is 0 Å². The molecule has 2 rings (SSSR count). The number of esters is 1. The van der Waals surface area contributed by atoms with Crippen LogP contribution in [0.5, 0.6) is 0 Å². The summed E-state index contributed by atoms with van der Waals surface area (Å²) in [6.07, 6.45) is 8.19. The van der Waals surface area contributed by atoms with Crippen molar-refractivity contribution in [3.8, 4) is 0 Å². The number of furan rings is 1. The largest absolute Gasteiger partial charge is 0.463 e. The molecule has 5 heteroatoms. The Kier molecular flexibility index (Phi) is 4.98. The fourth-order valence-corrected chi connectivity index (χ4v) is 2.23. The van der Waals surface area contributed by atoms with E-state index in [2.05, 4.69) is 10.1 Å². The van der Waals surface area contributed by atoms with Gasteiger partial charge < -0.3 is 14.5 Å². The molecule has 20 heavy (non-hydrogen) atoms. The number of nitrogens with one attached hydrogen (secondary N) is 1. The first-order chi connectivity index (χ1) is 9.69. The molecule has 0 bridgehead atoms. The van der Waals surface area contributed by atoms with Gasteiger partial charge in [-0.05, 0) is 37.5 Å². The molecular formula is C15H19NO4. The highest BCUT2D eigenvalue weighted by atomic mass is 16.5. The van der Waals surface area contributed by atoms with Crippen molar-refractivity contribution in [2.75, 3.05) is 7.11 Å². The molecule has 0 aromatic carbocycles. The lowest BCUT2D eigenvalue weighted by atomic mass is 10.1. The predicted molar refractivity (Wildman–Crippen MR) is 74.1 cm³/mol. The van der Waals surface area contributed by atoms with Crippen molar-refractivity contribution in [1.29, 1.82) is 0 Å². The molecule has 0 aliphatic carbocycles. The summed E-state index contributed by atoms with van der Waals surface area (Å²) in [6.45, 7) is 0. The van der Waals surface area contributed by atoms with Gasteiger partial charge in [0.1, 0.15) is 5.76 Å². The van der Waals surface area contributed by atoms with Crippen LogP contribution >= 0.6 is 0 Å². The van der Waals surface area contributed by atoms with Gasteiger partial charge in [0.2, 0.25) is 11.7 Å². The van der Waals surface area contributed by atoms with E-state index in [4.69, 9.17) is 4.42 Å². The second-order valence-corrected chi connectivity index (χ2v) is 4.84. The molecule has 1 fully saturated rings. The Morgan fingerprint density at radius 2 is 2.35 bits per heavy atom. The van der Waals surface area contributed by atoms with Crippen molar-refractivity contribution in [3.63, 3.8) is 0 Å². The molecule has 1 aliphatic heterocycles. The Bertz CT molecular complexity index is 504. The molecule has 1 unspecified atom stereocenters. The molecule has 1 atom stereocenters. The topological polar surface area (TPSA) is 68.5 Å². The van der Waals surface area contributed by atoms with E-state index >= 15 is 0 Å². The first kappa shape index (κ1) is 14.4. The second-order valence-electron chi connectivity index (χ2n) is 4.84. The number of ether oxygens (including phenoxy) is 1. The van der Waals surface area contributed by atoms with Gasteiger partial charge in [-0.25, -0.2) is 4.79 Å². The molecule has 108 valence electrons. The van der Waals surface area contributed by atoms with E-state index in [0.717, 1.165) is 25.7 Å². The van der Waals surface area contributed by atoms with Gasteiger partial charge >= 0.3 is 5.97 Å². The zero-order chi connectivity index (χ0) is 14.4. The highest BCUT2D eigenvalue weighted by Gasteiger charge is 2.15. The Morgan fingerprint density at radius 1 is 1.50 bits per heavy atom. The SMILES string of the molecule is COC(=O)c1ccc(/C=C/CC2CCCCC(=O)N2)o1. The van der Waals surface area contributed by atoms with Crippen LogP contribution in [0.2, 0.25) is 0 Å². The summed E-state index contributed by atoms with van der Waals surface area (Å²) >= 11 is 0. The molecule has 2 heterocycles. The fourth-order valence-electron chi connectivity index (χ4n) is 2.23. The summed E-state index contributed by atoms with van der Waals surface area (Å²) in [7, 11) is 1.31. The van der Waals surface area contributed by atoms with Crippen molar-refractivity contribution < 1.29 is 18.7 Å². The fraction of sp³-hybridized carbons (Fsp3) is 0.467. The number of rotatable bonds is 4. The summed E-state index contributed by atoms with van der Waals surface area (Å²) in [5.41, 5.74) is 0. The number of carbonyl (C=O) groups is 2. The minimum atomic E-state index is -0.485. The zero-order valence-corrected chi connectivity index (χ0v) is 11.6. The van der Waals surface area contributed by atoms with Gasteiger partial charge in [-0.15, -0.1) is 0 Å². The lowest BCUT2D eigenvalue weighted by molar-refractivity contribution is -0.121. The van der Waals surface area contributed by atoms with E-state index < -0.39 is 5.97 Å². The van der Waals surface area contributed by atoms with E-state index in [1.807, 2.05) is 12.2 Å². The van der Waals surface area contributed by atoms with Crippen molar-refractivity contribution in [2.45, 2.75) is 38.1 Å². The van der Waals surface area contributed by atoms with Crippen molar-refractivity contribution in [3.05, 3.63) is 29.7 Å². The van der Waals surface area contributed by atoms with Gasteiger partial charge in [0.05, 0.1) is 7.11 Å². The molecule has 5 nitrogen and oxygen atoms in total. The van der Waals surface area contributed by atoms with E-state index in [9.17, 15) is 9.59 Å². The molecule has 1 N–H and O–H groups in total. The van der Waals surface area contributed by atoms with E-state index in [-0.39, 0.29) is 17.7 Å². The number of methoxy groups -OCH3 is 1. The van der Waals surface area contributed by atoms with Crippen molar-refractivity contribution >= 4 is 18.0 Å². The van der Waals surface area contributed by atoms with Crippen LogP contribution in [0.25, 0.3) is 6.08 Å². The van der Waals surface area contributed by atoms with Crippen LogP contribution in [-0.2, 0) is 9.53 Å². The van der Waals surface area contributed by atoms with Crippen LogP contribution in [0.1, 0.15) is 48.4 Å². The van der Waals surface area contributed by atoms with Crippen molar-refractivity contribution in [1.82, 2.24) is 5.32 Å². The minimum Gasteiger partial charge on any atom is -0.463 e. The Labute approximate surface area is 118 Å². The number of amides is 1. The maximum atomic E-state index is 11.4. The van der Waals surface area contributed by atoms with Gasteiger partial charge in [-0.1, -0.05) is 12.5 Å². The van der Waals surface area contributed by atoms with Crippen LogP contribution in [0.3, 0.4) is 0 Å². The summed E-state index contributed by atoms with van der Waals surface area (Å²) in [4.78, 5) is 22.7. The van der Waals surface area contributed by atoms with E-state index in [0.29, 0.717) is 12.2 Å². The standard InChI is InChI=1S/C15H19NO4/c1-19-15(18)13-10-9-12(20-13)7-4-6-11-5-2-3-8-14(17)16-11/h4,7,9-11H,2-3,5-6,8H2,1H3,(H,16,17)/b7-4+. The molecule has 1 aliphatic rings. The number of hydrogen-bond donors (Lipinski definition) is 1. The van der Waals surface area contributed by atoms with Crippen LogP contribution < -0.4 is 5.32 Å². The maximum absolute atomic E-state index is 11.4. The first-order valence-electron chi connectivity index (χ1n) is 6.83. The summed E-state index contributed by atoms with van der Waals surface area (Å²) in [6, 6.07) is 3.49. The Balaban J connectivity index is 1.87. The number of carbonyl (C=O) groups excluding carboxylic acids is 2. The van der Waals surface area contributed by atoms with Gasteiger partial charge in [0.25, 0.3) is 0 Å². The highest BCUT2D eigenvalue weighted by Crippen LogP contribution is 2.14. The quantitative estimate of drug-likeness (QED) is 0.859. The Hall–Kier alpha value is -2.04. The average molecular weight is 277 g/mol. The van der Waals surface area contributed by atoms with Gasteiger partial charge in [-0.3, -0.25) is 4.79 Å². The summed E-state index contributed by atoms with van der Waals surface area (Å²) in [5.74, 6) is 0.438.